The summed E-state index contributed by atoms with van der Waals surface area (Å²) in [4.78, 5) is 13.6. The van der Waals surface area contributed by atoms with Crippen LogP contribution < -0.4 is 5.73 Å². The Bertz CT molecular complexity index is 1000. The van der Waals surface area contributed by atoms with E-state index in [2.05, 4.69) is 6.19 Å². The van der Waals surface area contributed by atoms with Crippen LogP contribution >= 0.6 is 0 Å². The number of amides is 1. The second-order valence-corrected chi connectivity index (χ2v) is 6.58. The Morgan fingerprint density at radius 3 is 2.72 bits per heavy atom. The number of fused-ring (bicyclic) bond motifs is 1. The monoisotopic (exact) mass is 333 g/mol. The van der Waals surface area contributed by atoms with Crippen LogP contribution in [0.1, 0.15) is 40.4 Å². The van der Waals surface area contributed by atoms with Crippen molar-refractivity contribution in [1.29, 1.82) is 5.26 Å². The van der Waals surface area contributed by atoms with Gasteiger partial charge in [-0.05, 0) is 53.3 Å². The number of primary amides is 1. The maximum atomic E-state index is 15.0. The highest BCUT2D eigenvalue weighted by Gasteiger charge is 2.27. The van der Waals surface area contributed by atoms with E-state index in [0.717, 1.165) is 28.7 Å². The maximum absolute atomic E-state index is 15.0. The molecule has 5 heteroatoms. The zero-order chi connectivity index (χ0) is 17.7. The van der Waals surface area contributed by atoms with Crippen LogP contribution in [-0.2, 0) is 13.1 Å². The van der Waals surface area contributed by atoms with Crippen LogP contribution in [0, 0.1) is 17.3 Å². The molecule has 4 rings (SSSR count). The largest absolute Gasteiger partial charge is 0.366 e. The summed E-state index contributed by atoms with van der Waals surface area (Å²) >= 11 is 0. The molecule has 0 saturated carbocycles. The third-order valence-corrected chi connectivity index (χ3v) is 4.93. The number of hydrogen-bond acceptors (Lipinski definition) is 3. The quantitative estimate of drug-likeness (QED) is 0.873. The third kappa shape index (κ3) is 2.47. The predicted molar refractivity (Wildman–Crippen MR) is 92.4 cm³/mol. The Labute approximate surface area is 145 Å². The van der Waals surface area contributed by atoms with Crippen molar-refractivity contribution in [2.75, 3.05) is 0 Å². The fourth-order valence-corrected chi connectivity index (χ4v) is 3.55. The van der Waals surface area contributed by atoms with Gasteiger partial charge in [-0.25, -0.2) is 4.39 Å². The van der Waals surface area contributed by atoms with Gasteiger partial charge in [-0.3, -0.25) is 4.79 Å². The van der Waals surface area contributed by atoms with Crippen molar-refractivity contribution in [3.63, 3.8) is 0 Å². The van der Waals surface area contributed by atoms with E-state index in [4.69, 9.17) is 11.0 Å². The maximum Gasteiger partial charge on any atom is 0.249 e. The molecule has 1 aliphatic carbocycles. The van der Waals surface area contributed by atoms with Crippen LogP contribution in [0.25, 0.3) is 16.7 Å². The molecule has 4 nitrogen and oxygen atoms in total. The molecular formula is C20H16FN3O. The molecule has 0 aromatic heterocycles. The minimum atomic E-state index is -0.651. The molecule has 0 unspecified atom stereocenters. The number of halogens is 1. The van der Waals surface area contributed by atoms with Gasteiger partial charge in [-0.2, -0.15) is 5.26 Å². The van der Waals surface area contributed by atoms with E-state index in [0.29, 0.717) is 18.7 Å². The standard InChI is InChI=1S/C20H16FN3O/c1-11-5-15(11)13-6-16(20(23)25)19(18(21)7-13)14-4-2-3-12-8-24(10-22)9-17(12)14/h2-4,6-7H,5,8-9H2,1H3,(H2,23,25). The van der Waals surface area contributed by atoms with Crippen molar-refractivity contribution in [3.8, 4) is 17.3 Å². The summed E-state index contributed by atoms with van der Waals surface area (Å²) in [6, 6.07) is 8.68. The van der Waals surface area contributed by atoms with E-state index in [-0.39, 0.29) is 11.1 Å². The van der Waals surface area contributed by atoms with Gasteiger partial charge in [-0.15, -0.1) is 0 Å². The molecule has 0 radical (unpaired) electrons. The van der Waals surface area contributed by atoms with Crippen LogP contribution in [0.3, 0.4) is 0 Å². The summed E-state index contributed by atoms with van der Waals surface area (Å²) in [5.41, 5.74) is 11.4. The van der Waals surface area contributed by atoms with Crippen LogP contribution in [0.15, 0.2) is 35.9 Å². The van der Waals surface area contributed by atoms with E-state index in [9.17, 15) is 4.79 Å². The highest BCUT2D eigenvalue weighted by Crippen LogP contribution is 2.42. The molecule has 0 fully saturated rings. The number of carbonyl (C=O) groups is 1. The minimum Gasteiger partial charge on any atom is -0.366 e. The smallest absolute Gasteiger partial charge is 0.249 e. The van der Waals surface area contributed by atoms with Crippen molar-refractivity contribution in [2.24, 2.45) is 5.73 Å². The van der Waals surface area contributed by atoms with Gasteiger partial charge in [0.05, 0.1) is 18.7 Å². The summed E-state index contributed by atoms with van der Waals surface area (Å²) in [5, 5.41) is 9.15. The zero-order valence-corrected chi connectivity index (χ0v) is 13.8. The Morgan fingerprint density at radius 1 is 1.32 bits per heavy atom. The lowest BCUT2D eigenvalue weighted by Gasteiger charge is -2.14. The number of nitriles is 1. The number of allylic oxidation sites excluding steroid dienone is 2. The predicted octanol–water partition coefficient (Wildman–Crippen LogP) is 3.57. The summed E-state index contributed by atoms with van der Waals surface area (Å²) in [5.74, 6) is -1.11. The van der Waals surface area contributed by atoms with Crippen molar-refractivity contribution in [3.05, 3.63) is 64.0 Å². The molecule has 1 heterocycles. The van der Waals surface area contributed by atoms with Crippen molar-refractivity contribution >= 4 is 11.5 Å². The highest BCUT2D eigenvalue weighted by atomic mass is 19.1. The first-order valence-electron chi connectivity index (χ1n) is 8.07. The Kier molecular flexibility index (Phi) is 3.36. The Hall–Kier alpha value is -3.13. The normalized spacial score (nSPS) is 15.2. The topological polar surface area (TPSA) is 70.1 Å². The molecule has 1 aliphatic heterocycles. The molecule has 2 N–H and O–H groups in total. The van der Waals surface area contributed by atoms with Gasteiger partial charge in [0.2, 0.25) is 5.91 Å². The van der Waals surface area contributed by atoms with Gasteiger partial charge in [0.25, 0.3) is 0 Å². The molecule has 0 bridgehead atoms. The molecule has 1 amide bonds. The molecule has 0 atom stereocenters. The van der Waals surface area contributed by atoms with Crippen molar-refractivity contribution in [2.45, 2.75) is 26.4 Å². The van der Waals surface area contributed by atoms with Crippen LogP contribution in [0.5, 0.6) is 0 Å². The number of carbonyl (C=O) groups excluding carboxylic acids is 1. The highest BCUT2D eigenvalue weighted by molar-refractivity contribution is 6.02. The molecule has 2 aliphatic rings. The SMILES string of the molecule is CC1=C(c2cc(F)c(-c3cccc4c3CN(C#N)C4)c(C(N)=O)c2)C1. The molecular weight excluding hydrogens is 317 g/mol. The second-order valence-electron chi connectivity index (χ2n) is 6.58. The molecule has 25 heavy (non-hydrogen) atoms. The number of nitrogens with zero attached hydrogens (tertiary/aromatic N) is 2. The first kappa shape index (κ1) is 15.4. The lowest BCUT2D eigenvalue weighted by atomic mass is 9.91. The zero-order valence-electron chi connectivity index (χ0n) is 13.8. The first-order chi connectivity index (χ1) is 12.0. The number of rotatable bonds is 3. The first-order valence-corrected chi connectivity index (χ1v) is 8.07. The van der Waals surface area contributed by atoms with Gasteiger partial charge in [-0.1, -0.05) is 23.8 Å². The second kappa shape index (κ2) is 5.45. The van der Waals surface area contributed by atoms with Gasteiger partial charge < -0.3 is 10.6 Å². The number of hydrogen-bond donors (Lipinski definition) is 1. The van der Waals surface area contributed by atoms with E-state index < -0.39 is 11.7 Å². The summed E-state index contributed by atoms with van der Waals surface area (Å²) in [6.07, 6.45) is 2.96. The minimum absolute atomic E-state index is 0.186. The van der Waals surface area contributed by atoms with Crippen LogP contribution in [0.2, 0.25) is 0 Å². The third-order valence-electron chi connectivity index (χ3n) is 4.93. The number of nitrogens with two attached hydrogens (primary N) is 1. The van der Waals surface area contributed by atoms with Crippen molar-refractivity contribution < 1.29 is 9.18 Å². The Balaban J connectivity index is 1.92. The lowest BCUT2D eigenvalue weighted by Crippen LogP contribution is -2.14. The average molecular weight is 333 g/mol. The van der Waals surface area contributed by atoms with E-state index in [1.165, 1.54) is 11.6 Å². The summed E-state index contributed by atoms with van der Waals surface area (Å²) in [7, 11) is 0. The molecule has 2 aromatic rings. The molecule has 0 spiro atoms. The lowest BCUT2D eigenvalue weighted by molar-refractivity contribution is 0.100. The average Bonchev–Trinajstić information content (AvgIpc) is 3.16. The van der Waals surface area contributed by atoms with E-state index in [1.54, 1.807) is 17.0 Å². The van der Waals surface area contributed by atoms with Crippen molar-refractivity contribution in [1.82, 2.24) is 4.90 Å². The van der Waals surface area contributed by atoms with E-state index >= 15 is 4.39 Å². The fourth-order valence-electron chi connectivity index (χ4n) is 3.55. The van der Waals surface area contributed by atoms with Gasteiger partial charge in [0.15, 0.2) is 6.19 Å². The van der Waals surface area contributed by atoms with Gasteiger partial charge >= 0.3 is 0 Å². The van der Waals surface area contributed by atoms with Gasteiger partial charge in [0, 0.05) is 5.56 Å². The Morgan fingerprint density at radius 2 is 2.08 bits per heavy atom. The summed E-state index contributed by atoms with van der Waals surface area (Å²) in [6.45, 7) is 2.90. The van der Waals surface area contributed by atoms with Crippen LogP contribution in [-0.4, -0.2) is 10.8 Å². The summed E-state index contributed by atoms with van der Waals surface area (Å²) < 4.78 is 15.0. The van der Waals surface area contributed by atoms with Gasteiger partial charge in [0.1, 0.15) is 5.82 Å². The molecule has 0 saturated heterocycles. The number of benzene rings is 2. The molecule has 124 valence electrons. The van der Waals surface area contributed by atoms with E-state index in [1.807, 2.05) is 19.1 Å². The van der Waals surface area contributed by atoms with Crippen LogP contribution in [0.4, 0.5) is 4.39 Å². The molecule has 2 aromatic carbocycles. The fraction of sp³-hybridized carbons (Fsp3) is 0.200.